The molecule has 180 valence electrons. The van der Waals surface area contributed by atoms with Crippen LogP contribution in [0.1, 0.15) is 90.8 Å². The second-order valence-electron chi connectivity index (χ2n) is 9.36. The van der Waals surface area contributed by atoms with Gasteiger partial charge in [0, 0.05) is 32.0 Å². The highest BCUT2D eigenvalue weighted by molar-refractivity contribution is 5.72. The van der Waals surface area contributed by atoms with E-state index in [1.165, 1.54) is 19.8 Å². The highest BCUT2D eigenvalue weighted by Gasteiger charge is 2.23. The van der Waals surface area contributed by atoms with Crippen LogP contribution in [0.15, 0.2) is 12.5 Å². The van der Waals surface area contributed by atoms with Crippen molar-refractivity contribution in [2.24, 2.45) is 17.8 Å². The number of nitrogens with zero attached hydrogens (tertiary/aromatic N) is 2. The van der Waals surface area contributed by atoms with Crippen LogP contribution in [0.5, 0.6) is 0 Å². The van der Waals surface area contributed by atoms with Crippen LogP contribution in [0, 0.1) is 17.8 Å². The van der Waals surface area contributed by atoms with Gasteiger partial charge in [-0.1, -0.05) is 27.2 Å². The molecule has 8 heteroatoms. The van der Waals surface area contributed by atoms with Crippen molar-refractivity contribution in [1.82, 2.24) is 9.55 Å². The number of carbonyl (C=O) groups excluding carboxylic acids is 2. The molecule has 0 saturated heterocycles. The molecule has 1 aliphatic rings. The number of carbonyl (C=O) groups is 3. The minimum Gasteiger partial charge on any atom is -0.481 e. The molecule has 2 rings (SSSR count). The maximum Gasteiger partial charge on any atom is 0.311 e. The molecular weight excluding hydrogens is 412 g/mol. The number of hydrogen-bond donors (Lipinski definition) is 1. The first-order valence-corrected chi connectivity index (χ1v) is 11.8. The topological polar surface area (TPSA) is 108 Å². The van der Waals surface area contributed by atoms with E-state index in [1.807, 2.05) is 12.5 Å². The van der Waals surface area contributed by atoms with Crippen molar-refractivity contribution in [3.8, 4) is 0 Å². The number of carboxylic acid groups (broad SMARTS) is 1. The summed E-state index contributed by atoms with van der Waals surface area (Å²) in [4.78, 5) is 39.6. The minimum absolute atomic E-state index is 0.157. The fraction of sp³-hybridized carbons (Fsp3) is 0.750. The lowest BCUT2D eigenvalue weighted by atomic mass is 9.87. The van der Waals surface area contributed by atoms with Crippen molar-refractivity contribution in [3.63, 3.8) is 0 Å². The molecule has 1 saturated carbocycles. The Kier molecular flexibility index (Phi) is 10.2. The van der Waals surface area contributed by atoms with E-state index in [2.05, 4.69) is 16.5 Å². The number of ether oxygens (including phenoxy) is 2. The molecule has 0 radical (unpaired) electrons. The molecule has 1 fully saturated rings. The van der Waals surface area contributed by atoms with Crippen molar-refractivity contribution in [3.05, 3.63) is 18.2 Å². The van der Waals surface area contributed by atoms with Gasteiger partial charge in [-0.3, -0.25) is 14.4 Å². The first-order valence-electron chi connectivity index (χ1n) is 11.8. The summed E-state index contributed by atoms with van der Waals surface area (Å²) in [5.74, 6) is -1.77. The number of imidazole rings is 1. The van der Waals surface area contributed by atoms with E-state index in [0.29, 0.717) is 31.7 Å². The third-order valence-electron chi connectivity index (χ3n) is 6.10. The molecule has 0 aliphatic heterocycles. The van der Waals surface area contributed by atoms with Gasteiger partial charge in [-0.25, -0.2) is 4.98 Å². The van der Waals surface area contributed by atoms with Gasteiger partial charge in [0.15, 0.2) is 0 Å². The maximum atomic E-state index is 11.9. The number of hydrogen-bond acceptors (Lipinski definition) is 6. The second kappa shape index (κ2) is 12.6. The smallest absolute Gasteiger partial charge is 0.311 e. The van der Waals surface area contributed by atoms with Crippen LogP contribution in [0.3, 0.4) is 0 Å². The Hall–Kier alpha value is -2.38. The number of aliphatic carboxylic acids is 1. The van der Waals surface area contributed by atoms with Gasteiger partial charge in [0.05, 0.1) is 23.9 Å². The number of carboxylic acids is 1. The van der Waals surface area contributed by atoms with Gasteiger partial charge in [0.2, 0.25) is 6.29 Å². The molecule has 0 amide bonds. The molecule has 1 unspecified atom stereocenters. The Bertz CT molecular complexity index is 751. The molecule has 1 aromatic heterocycles. The molecule has 1 heterocycles. The zero-order valence-electron chi connectivity index (χ0n) is 19.8. The second-order valence-corrected chi connectivity index (χ2v) is 9.36. The van der Waals surface area contributed by atoms with E-state index in [0.717, 1.165) is 24.5 Å². The summed E-state index contributed by atoms with van der Waals surface area (Å²) in [6, 6.07) is 0.462. The van der Waals surface area contributed by atoms with Gasteiger partial charge < -0.3 is 19.1 Å². The van der Waals surface area contributed by atoms with Crippen LogP contribution in [-0.4, -0.2) is 38.9 Å². The lowest BCUT2D eigenvalue weighted by molar-refractivity contribution is -0.186. The van der Waals surface area contributed by atoms with Crippen LogP contribution in [0.2, 0.25) is 0 Å². The Labute approximate surface area is 190 Å². The molecule has 1 aliphatic carbocycles. The van der Waals surface area contributed by atoms with Gasteiger partial charge >= 0.3 is 17.9 Å². The molecule has 0 bridgehead atoms. The largest absolute Gasteiger partial charge is 0.481 e. The quantitative estimate of drug-likeness (QED) is 0.283. The van der Waals surface area contributed by atoms with Crippen LogP contribution in [0.25, 0.3) is 0 Å². The lowest BCUT2D eigenvalue weighted by Crippen LogP contribution is -2.24. The Morgan fingerprint density at radius 3 is 2.44 bits per heavy atom. The third-order valence-corrected chi connectivity index (χ3v) is 6.10. The van der Waals surface area contributed by atoms with Crippen molar-refractivity contribution in [2.75, 3.05) is 0 Å². The molecule has 8 nitrogen and oxygen atoms in total. The summed E-state index contributed by atoms with van der Waals surface area (Å²) in [6.07, 6.45) is 9.74. The van der Waals surface area contributed by atoms with Crippen LogP contribution < -0.4 is 0 Å². The van der Waals surface area contributed by atoms with Gasteiger partial charge in [-0.2, -0.15) is 0 Å². The number of rotatable bonds is 12. The zero-order chi connectivity index (χ0) is 23.7. The van der Waals surface area contributed by atoms with E-state index < -0.39 is 30.1 Å². The SMILES string of the molecule is CC1CCC(n2cnc(C[C@H](CCCCC(=O)OC(C)OC(=O)C(C)C)C(=O)O)c2)CC1. The Balaban J connectivity index is 1.72. The van der Waals surface area contributed by atoms with Crippen LogP contribution in [-0.2, 0) is 30.3 Å². The fourth-order valence-electron chi connectivity index (χ4n) is 4.02. The van der Waals surface area contributed by atoms with Gasteiger partial charge in [0.1, 0.15) is 0 Å². The summed E-state index contributed by atoms with van der Waals surface area (Å²) in [5.41, 5.74) is 0.802. The first-order chi connectivity index (χ1) is 15.2. The summed E-state index contributed by atoms with van der Waals surface area (Å²) >= 11 is 0. The van der Waals surface area contributed by atoms with Gasteiger partial charge in [0.25, 0.3) is 0 Å². The molecule has 32 heavy (non-hydrogen) atoms. The van der Waals surface area contributed by atoms with Crippen LogP contribution in [0.4, 0.5) is 0 Å². The lowest BCUT2D eigenvalue weighted by Gasteiger charge is -2.26. The molecule has 1 N–H and O–H groups in total. The van der Waals surface area contributed by atoms with Crippen molar-refractivity contribution >= 4 is 17.9 Å². The average molecular weight is 451 g/mol. The maximum absolute atomic E-state index is 11.9. The predicted octanol–water partition coefficient (Wildman–Crippen LogP) is 4.53. The molecule has 1 aromatic rings. The van der Waals surface area contributed by atoms with E-state index in [4.69, 9.17) is 9.47 Å². The van der Waals surface area contributed by atoms with Crippen molar-refractivity contribution in [1.29, 1.82) is 0 Å². The standard InChI is InChI=1S/C24H38N2O6/c1-16(2)24(30)32-18(4)31-22(27)8-6-5-7-19(23(28)29)13-20-14-26(15-25-20)21-11-9-17(3)10-12-21/h14-19,21H,5-13H2,1-4H3,(H,28,29)/t17?,18?,19-,21?/m0/s1. The van der Waals surface area contributed by atoms with Gasteiger partial charge in [-0.05, 0) is 44.4 Å². The first kappa shape index (κ1) is 25.9. The molecular formula is C24H38N2O6. The summed E-state index contributed by atoms with van der Waals surface area (Å²) in [7, 11) is 0. The fourth-order valence-corrected chi connectivity index (χ4v) is 4.02. The molecule has 0 aromatic carbocycles. The summed E-state index contributed by atoms with van der Waals surface area (Å²) in [5, 5.41) is 9.60. The minimum atomic E-state index is -0.924. The third kappa shape index (κ3) is 8.63. The highest BCUT2D eigenvalue weighted by atomic mass is 16.7. The van der Waals surface area contributed by atoms with E-state index >= 15 is 0 Å². The Morgan fingerprint density at radius 1 is 1.12 bits per heavy atom. The normalized spacial score (nSPS) is 20.5. The number of unbranched alkanes of at least 4 members (excludes halogenated alkanes) is 1. The summed E-state index contributed by atoms with van der Waals surface area (Å²) < 4.78 is 12.2. The monoisotopic (exact) mass is 450 g/mol. The van der Waals surface area contributed by atoms with Crippen LogP contribution >= 0.6 is 0 Å². The molecule has 0 spiro atoms. The number of esters is 2. The zero-order valence-corrected chi connectivity index (χ0v) is 19.8. The predicted molar refractivity (Wildman–Crippen MR) is 119 cm³/mol. The Morgan fingerprint density at radius 2 is 1.81 bits per heavy atom. The summed E-state index contributed by atoms with van der Waals surface area (Å²) in [6.45, 7) is 7.20. The van der Waals surface area contributed by atoms with E-state index in [9.17, 15) is 19.5 Å². The van der Waals surface area contributed by atoms with Gasteiger partial charge in [-0.15, -0.1) is 0 Å². The van der Waals surface area contributed by atoms with E-state index in [1.54, 1.807) is 13.8 Å². The average Bonchev–Trinajstić information content (AvgIpc) is 3.19. The van der Waals surface area contributed by atoms with Crippen molar-refractivity contribution in [2.45, 2.75) is 97.8 Å². The number of aromatic nitrogens is 2. The van der Waals surface area contributed by atoms with Crippen molar-refractivity contribution < 1.29 is 29.0 Å². The highest BCUT2D eigenvalue weighted by Crippen LogP contribution is 2.32. The van der Waals surface area contributed by atoms with E-state index in [-0.39, 0.29) is 12.3 Å². The molecule has 2 atom stereocenters.